The Bertz CT molecular complexity index is 1730. The minimum Gasteiger partial charge on any atom is -0.512 e. The van der Waals surface area contributed by atoms with E-state index in [0.717, 1.165) is 57.8 Å². The van der Waals surface area contributed by atoms with Crippen molar-refractivity contribution >= 4 is 49.3 Å². The molecule has 0 aliphatic rings. The minimum absolute atomic E-state index is 0. The number of ketones is 1. The number of carbonyl (C=O) groups excluding carboxylic acids is 1. The van der Waals surface area contributed by atoms with Crippen LogP contribution in [0.3, 0.4) is 0 Å². The van der Waals surface area contributed by atoms with Gasteiger partial charge in [-0.15, -0.1) is 29.5 Å². The van der Waals surface area contributed by atoms with Crippen LogP contribution in [0.5, 0.6) is 0 Å². The molecular weight excluding hydrogens is 697 g/mol. The van der Waals surface area contributed by atoms with Crippen LogP contribution in [0.2, 0.25) is 0 Å². The average molecular weight is 737 g/mol. The van der Waals surface area contributed by atoms with Gasteiger partial charge in [0.15, 0.2) is 5.78 Å². The predicted octanol–water partition coefficient (Wildman–Crippen LogP) is 9.54. The molecule has 1 radical (unpaired) electrons. The fourth-order valence-electron chi connectivity index (χ4n) is 4.85. The zero-order chi connectivity index (χ0) is 30.6. The van der Waals surface area contributed by atoms with Gasteiger partial charge in [0.05, 0.1) is 11.3 Å². The van der Waals surface area contributed by atoms with Crippen molar-refractivity contribution in [3.63, 3.8) is 0 Å². The first kappa shape index (κ1) is 27.3. The van der Waals surface area contributed by atoms with Crippen LogP contribution in [-0.2, 0) is 24.9 Å². The van der Waals surface area contributed by atoms with E-state index in [1.807, 2.05) is 45.9 Å². The zero-order valence-corrected chi connectivity index (χ0v) is 26.7. The third-order valence-corrected chi connectivity index (χ3v) is 8.25. The molecule has 0 spiro atoms. The molecule has 0 bridgehead atoms. The van der Waals surface area contributed by atoms with Crippen molar-refractivity contribution in [2.24, 2.45) is 11.8 Å². The second kappa shape index (κ2) is 14.2. The van der Waals surface area contributed by atoms with Gasteiger partial charge in [-0.05, 0) is 69.1 Å². The topological polar surface area (TPSA) is 76.2 Å². The first-order valence-corrected chi connectivity index (χ1v) is 14.4. The molecule has 0 saturated heterocycles. The fraction of sp³-hybridized carbons (Fsp3) is 0.364. The van der Waals surface area contributed by atoms with Crippen LogP contribution in [0.25, 0.3) is 43.4 Å². The van der Waals surface area contributed by atoms with Crippen LogP contribution in [0, 0.1) is 31.7 Å². The molecule has 0 saturated carbocycles. The number of aliphatic hydroxyl groups excluding tert-OH is 1. The normalized spacial score (nSPS) is 13.2. The summed E-state index contributed by atoms with van der Waals surface area (Å²) < 4.78 is 29.8. The number of thiophene rings is 1. The number of hydrogen-bond donors (Lipinski definition) is 1. The van der Waals surface area contributed by atoms with Gasteiger partial charge < -0.3 is 14.5 Å². The maximum atomic E-state index is 11.7. The fourth-order valence-corrected chi connectivity index (χ4v) is 5.85. The Morgan fingerprint density at radius 3 is 2.50 bits per heavy atom. The van der Waals surface area contributed by atoms with E-state index in [4.69, 9.17) is 8.53 Å². The number of pyridine rings is 2. The van der Waals surface area contributed by atoms with E-state index in [1.165, 1.54) is 17.0 Å². The van der Waals surface area contributed by atoms with E-state index < -0.39 is 6.85 Å². The van der Waals surface area contributed by atoms with Gasteiger partial charge in [-0.1, -0.05) is 38.6 Å². The summed E-state index contributed by atoms with van der Waals surface area (Å²) in [5, 5.41) is 12.5. The Morgan fingerprint density at radius 2 is 1.82 bits per heavy atom. The van der Waals surface area contributed by atoms with Crippen molar-refractivity contribution < 1.29 is 38.5 Å². The van der Waals surface area contributed by atoms with Crippen LogP contribution in [0.1, 0.15) is 68.1 Å². The van der Waals surface area contributed by atoms with Gasteiger partial charge in [-0.25, -0.2) is 4.98 Å². The summed E-state index contributed by atoms with van der Waals surface area (Å²) in [6.45, 7) is 7.87. The number of aromatic nitrogens is 2. The molecule has 5 aromatic rings. The molecule has 0 unspecified atom stereocenters. The van der Waals surface area contributed by atoms with E-state index in [2.05, 4.69) is 29.0 Å². The van der Waals surface area contributed by atoms with Gasteiger partial charge >= 0.3 is 0 Å². The summed E-state index contributed by atoms with van der Waals surface area (Å²) in [6.07, 6.45) is 6.69. The minimum atomic E-state index is -2.27. The summed E-state index contributed by atoms with van der Waals surface area (Å²) in [5.41, 5.74) is 2.52. The van der Waals surface area contributed by atoms with Crippen molar-refractivity contribution in [2.75, 3.05) is 0 Å². The number of allylic oxidation sites excluding steroid dienone is 2. The second-order valence-electron chi connectivity index (χ2n) is 9.68. The molecule has 0 aliphatic carbocycles. The van der Waals surface area contributed by atoms with Crippen molar-refractivity contribution in [3.8, 4) is 11.3 Å². The van der Waals surface area contributed by atoms with Crippen molar-refractivity contribution in [1.82, 2.24) is 9.97 Å². The predicted molar refractivity (Wildman–Crippen MR) is 162 cm³/mol. The molecule has 4 heterocycles. The summed E-state index contributed by atoms with van der Waals surface area (Å²) >= 11 is 1.68. The first-order valence-electron chi connectivity index (χ1n) is 15.1. The van der Waals surface area contributed by atoms with E-state index in [-0.39, 0.29) is 49.2 Å². The Balaban J connectivity index is 0.000000274. The second-order valence-corrected chi connectivity index (χ2v) is 10.9. The Kier molecular flexibility index (Phi) is 9.67. The molecule has 213 valence electrons. The SMILES string of the molecule is CCC(CC)C(=O)/C=C(\O)C(CC)CC.[2H]C([2H])([2H])c1ccc2c(n1)oc1c(-c3nccc4cc(C)sc34)[c-]ccc12.[Ir]. The van der Waals surface area contributed by atoms with E-state index in [1.54, 1.807) is 23.6 Å². The molecule has 40 heavy (non-hydrogen) atoms. The Morgan fingerprint density at radius 1 is 1.10 bits per heavy atom. The van der Waals surface area contributed by atoms with Gasteiger partial charge in [0, 0.05) is 74.7 Å². The molecule has 0 aliphatic heterocycles. The van der Waals surface area contributed by atoms with E-state index >= 15 is 0 Å². The zero-order valence-electron chi connectivity index (χ0n) is 26.5. The molecule has 7 heteroatoms. The third-order valence-electron chi connectivity index (χ3n) is 7.17. The van der Waals surface area contributed by atoms with E-state index in [9.17, 15) is 9.90 Å². The maximum Gasteiger partial charge on any atom is 0.216 e. The molecule has 0 fully saturated rings. The van der Waals surface area contributed by atoms with Crippen LogP contribution in [-0.4, -0.2) is 20.9 Å². The molecule has 0 amide bonds. The standard InChI is InChI=1S/C20H13N2OS.C13H24O2.Ir/c1-11-6-7-15-14-4-3-5-16(18(14)23-20(15)22-11)17-19-13(8-9-21-17)10-12(2)24-19;1-5-10(6-2)12(14)9-13(15)11(7-3)8-4;/h3-4,6-10H,1-2H3;9-11,14H,5-8H2,1-4H3;/q-1;;/b;12-9-;/i1D3;;. The number of aryl methyl sites for hydroxylation is 2. The summed E-state index contributed by atoms with van der Waals surface area (Å²) in [4.78, 5) is 21.7. The number of fused-ring (bicyclic) bond motifs is 4. The quantitative estimate of drug-likeness (QED) is 0.0976. The number of hydrogen-bond acceptors (Lipinski definition) is 6. The van der Waals surface area contributed by atoms with Crippen molar-refractivity contribution in [3.05, 3.63) is 71.1 Å². The number of furan rings is 1. The van der Waals surface area contributed by atoms with Gasteiger partial charge in [0.25, 0.3) is 0 Å². The molecule has 5 nitrogen and oxygen atoms in total. The first-order chi connectivity index (χ1) is 20.0. The van der Waals surface area contributed by atoms with Crippen molar-refractivity contribution in [2.45, 2.75) is 67.2 Å². The molecular formula is C33H37IrN2O3S-. The Hall–Kier alpha value is -2.86. The molecule has 0 atom stereocenters. The molecule has 1 N–H and O–H groups in total. The summed E-state index contributed by atoms with van der Waals surface area (Å²) in [7, 11) is 0. The largest absolute Gasteiger partial charge is 0.512 e. The van der Waals surface area contributed by atoms with Crippen LogP contribution in [0.15, 0.2) is 58.8 Å². The number of benzene rings is 1. The summed E-state index contributed by atoms with van der Waals surface area (Å²) in [6, 6.07) is 14.4. The van der Waals surface area contributed by atoms with Gasteiger partial charge in [-0.3, -0.25) is 4.79 Å². The average Bonchev–Trinajstić information content (AvgIpc) is 3.53. The van der Waals surface area contributed by atoms with Crippen LogP contribution < -0.4 is 0 Å². The monoisotopic (exact) mass is 737 g/mol. The molecule has 1 aromatic carbocycles. The third kappa shape index (κ3) is 6.71. The van der Waals surface area contributed by atoms with Crippen LogP contribution >= 0.6 is 11.3 Å². The summed E-state index contributed by atoms with van der Waals surface area (Å²) in [5.74, 6) is 0.547. The number of rotatable bonds is 8. The number of carbonyl (C=O) groups is 1. The van der Waals surface area contributed by atoms with E-state index in [0.29, 0.717) is 11.3 Å². The molecule has 4 aromatic heterocycles. The number of aliphatic hydroxyl groups is 1. The van der Waals surface area contributed by atoms with Crippen LogP contribution in [0.4, 0.5) is 0 Å². The maximum absolute atomic E-state index is 11.7. The van der Waals surface area contributed by atoms with Gasteiger partial charge in [0.2, 0.25) is 5.71 Å². The van der Waals surface area contributed by atoms with Gasteiger partial charge in [0.1, 0.15) is 0 Å². The number of nitrogens with zero attached hydrogens (tertiary/aromatic N) is 2. The molecule has 5 rings (SSSR count). The van der Waals surface area contributed by atoms with Crippen molar-refractivity contribution in [1.29, 1.82) is 0 Å². The van der Waals surface area contributed by atoms with Gasteiger partial charge in [-0.2, -0.15) is 0 Å². The Labute approximate surface area is 258 Å². The smallest absolute Gasteiger partial charge is 0.216 e.